The molecule has 2 heterocycles. The summed E-state index contributed by atoms with van der Waals surface area (Å²) < 4.78 is 6.09. The SMILES string of the molecule is CCCCC(=O)N1CSCC1C(=O)Nc1sc2ccccc2c1C(=O)OCC. The van der Waals surface area contributed by atoms with E-state index >= 15 is 0 Å². The molecule has 0 aliphatic carbocycles. The number of anilines is 1. The second-order valence-corrected chi connectivity index (χ2v) is 8.55. The van der Waals surface area contributed by atoms with E-state index in [0.717, 1.165) is 22.9 Å². The Balaban J connectivity index is 1.83. The van der Waals surface area contributed by atoms with E-state index in [0.29, 0.717) is 28.6 Å². The summed E-state index contributed by atoms with van der Waals surface area (Å²) in [5, 5.41) is 4.13. The number of nitrogens with one attached hydrogen (secondary N) is 1. The largest absolute Gasteiger partial charge is 0.462 e. The summed E-state index contributed by atoms with van der Waals surface area (Å²) in [7, 11) is 0. The zero-order valence-electron chi connectivity index (χ0n) is 16.0. The molecule has 1 atom stereocenters. The predicted molar refractivity (Wildman–Crippen MR) is 114 cm³/mol. The minimum Gasteiger partial charge on any atom is -0.462 e. The molecule has 0 bridgehead atoms. The lowest BCUT2D eigenvalue weighted by Gasteiger charge is -2.23. The average Bonchev–Trinajstić information content (AvgIpc) is 3.30. The molecule has 2 amide bonds. The maximum atomic E-state index is 12.9. The number of hydrogen-bond donors (Lipinski definition) is 1. The van der Waals surface area contributed by atoms with E-state index in [4.69, 9.17) is 4.74 Å². The molecule has 1 aliphatic rings. The van der Waals surface area contributed by atoms with E-state index in [1.165, 1.54) is 11.3 Å². The normalized spacial score (nSPS) is 16.4. The number of benzene rings is 1. The van der Waals surface area contributed by atoms with Crippen molar-refractivity contribution in [2.45, 2.75) is 39.2 Å². The standard InChI is InChI=1S/C20H24N2O4S2/c1-3-5-10-16(23)22-12-27-11-14(22)18(24)21-19-17(20(25)26-4-2)13-8-6-7-9-15(13)28-19/h6-9,14H,3-5,10-12H2,1-2H3,(H,21,24). The van der Waals surface area contributed by atoms with Gasteiger partial charge in [0.25, 0.3) is 0 Å². The first kappa shape index (κ1) is 20.7. The minimum absolute atomic E-state index is 0.00829. The lowest BCUT2D eigenvalue weighted by Crippen LogP contribution is -2.44. The Morgan fingerprint density at radius 2 is 2.04 bits per heavy atom. The molecule has 1 fully saturated rings. The Morgan fingerprint density at radius 3 is 2.79 bits per heavy atom. The molecule has 1 unspecified atom stereocenters. The zero-order chi connectivity index (χ0) is 20.1. The predicted octanol–water partition coefficient (Wildman–Crippen LogP) is 4.11. The lowest BCUT2D eigenvalue weighted by atomic mass is 10.1. The van der Waals surface area contributed by atoms with Crippen LogP contribution in [0.1, 0.15) is 43.5 Å². The van der Waals surface area contributed by atoms with Crippen molar-refractivity contribution in [3.8, 4) is 0 Å². The summed E-state index contributed by atoms with van der Waals surface area (Å²) in [6, 6.07) is 6.98. The third-order valence-corrected chi connectivity index (χ3v) is 6.66. The first-order valence-electron chi connectivity index (χ1n) is 9.43. The molecule has 0 spiro atoms. The van der Waals surface area contributed by atoms with Crippen LogP contribution >= 0.6 is 23.1 Å². The first-order chi connectivity index (χ1) is 13.6. The Kier molecular flexibility index (Phi) is 6.96. The highest BCUT2D eigenvalue weighted by Crippen LogP contribution is 2.36. The molecule has 3 rings (SSSR count). The summed E-state index contributed by atoms with van der Waals surface area (Å²) in [4.78, 5) is 39.5. The third kappa shape index (κ3) is 4.33. The zero-order valence-corrected chi connectivity index (χ0v) is 17.7. The Hall–Kier alpha value is -2.06. The van der Waals surface area contributed by atoms with Crippen LogP contribution in [0.5, 0.6) is 0 Å². The van der Waals surface area contributed by atoms with Crippen LogP contribution in [0.4, 0.5) is 5.00 Å². The fraction of sp³-hybridized carbons (Fsp3) is 0.450. The van der Waals surface area contributed by atoms with E-state index in [2.05, 4.69) is 5.32 Å². The lowest BCUT2D eigenvalue weighted by molar-refractivity contribution is -0.136. The Morgan fingerprint density at radius 1 is 1.25 bits per heavy atom. The summed E-state index contributed by atoms with van der Waals surface area (Å²) in [6.07, 6.45) is 2.21. The van der Waals surface area contributed by atoms with Crippen LogP contribution in [0.3, 0.4) is 0 Å². The van der Waals surface area contributed by atoms with Gasteiger partial charge in [-0.05, 0) is 19.4 Å². The van der Waals surface area contributed by atoms with Crippen molar-refractivity contribution in [1.82, 2.24) is 4.90 Å². The fourth-order valence-corrected chi connectivity index (χ4v) is 5.39. The highest BCUT2D eigenvalue weighted by Gasteiger charge is 2.35. The number of thiophene rings is 1. The van der Waals surface area contributed by atoms with Gasteiger partial charge in [-0.15, -0.1) is 23.1 Å². The van der Waals surface area contributed by atoms with Crippen molar-refractivity contribution < 1.29 is 19.1 Å². The number of ether oxygens (including phenoxy) is 1. The second kappa shape index (κ2) is 9.43. The van der Waals surface area contributed by atoms with E-state index < -0.39 is 12.0 Å². The molecule has 6 nitrogen and oxygen atoms in total. The number of carbonyl (C=O) groups is 3. The summed E-state index contributed by atoms with van der Waals surface area (Å²) >= 11 is 2.92. The first-order valence-corrected chi connectivity index (χ1v) is 11.4. The monoisotopic (exact) mass is 420 g/mol. The van der Waals surface area contributed by atoms with Crippen LogP contribution in [0.2, 0.25) is 0 Å². The third-order valence-electron chi connectivity index (χ3n) is 4.56. The van der Waals surface area contributed by atoms with Gasteiger partial charge in [0.15, 0.2) is 0 Å². The van der Waals surface area contributed by atoms with Gasteiger partial charge in [-0.3, -0.25) is 9.59 Å². The number of thioether (sulfide) groups is 1. The molecule has 1 aromatic heterocycles. The van der Waals surface area contributed by atoms with E-state index in [-0.39, 0.29) is 18.4 Å². The molecule has 1 aromatic carbocycles. The summed E-state index contributed by atoms with van der Waals surface area (Å²) in [5.74, 6) is 0.383. The van der Waals surface area contributed by atoms with Gasteiger partial charge in [0.1, 0.15) is 16.6 Å². The number of carbonyl (C=O) groups excluding carboxylic acids is 3. The van der Waals surface area contributed by atoms with Gasteiger partial charge in [0, 0.05) is 22.3 Å². The van der Waals surface area contributed by atoms with Crippen LogP contribution in [-0.2, 0) is 14.3 Å². The molecule has 28 heavy (non-hydrogen) atoms. The van der Waals surface area contributed by atoms with Gasteiger partial charge in [-0.25, -0.2) is 4.79 Å². The molecule has 8 heteroatoms. The average molecular weight is 421 g/mol. The highest BCUT2D eigenvalue weighted by molar-refractivity contribution is 7.99. The number of fused-ring (bicyclic) bond motifs is 1. The molecule has 2 aromatic rings. The van der Waals surface area contributed by atoms with Gasteiger partial charge in [-0.1, -0.05) is 31.5 Å². The van der Waals surface area contributed by atoms with Crippen molar-refractivity contribution in [2.24, 2.45) is 0 Å². The number of esters is 1. The molecule has 0 saturated carbocycles. The molecule has 1 N–H and O–H groups in total. The van der Waals surface area contributed by atoms with Crippen LogP contribution < -0.4 is 5.32 Å². The fourth-order valence-electron chi connectivity index (χ4n) is 3.11. The maximum absolute atomic E-state index is 12.9. The second-order valence-electron chi connectivity index (χ2n) is 6.49. The van der Waals surface area contributed by atoms with Crippen molar-refractivity contribution in [3.63, 3.8) is 0 Å². The molecule has 1 saturated heterocycles. The van der Waals surface area contributed by atoms with Crippen molar-refractivity contribution >= 4 is 56.0 Å². The van der Waals surface area contributed by atoms with Crippen molar-refractivity contribution in [1.29, 1.82) is 0 Å². The van der Waals surface area contributed by atoms with E-state index in [1.807, 2.05) is 31.2 Å². The van der Waals surface area contributed by atoms with Gasteiger partial charge in [-0.2, -0.15) is 0 Å². The number of hydrogen-bond acceptors (Lipinski definition) is 6. The molecule has 0 radical (unpaired) electrons. The van der Waals surface area contributed by atoms with E-state index in [9.17, 15) is 14.4 Å². The molecule has 1 aliphatic heterocycles. The maximum Gasteiger partial charge on any atom is 0.341 e. The van der Waals surface area contributed by atoms with Gasteiger partial charge in [0.05, 0.1) is 12.5 Å². The van der Waals surface area contributed by atoms with E-state index in [1.54, 1.807) is 23.6 Å². The summed E-state index contributed by atoms with van der Waals surface area (Å²) in [5.41, 5.74) is 0.380. The van der Waals surface area contributed by atoms with Crippen LogP contribution in [-0.4, -0.2) is 47.0 Å². The Labute approximate surface area is 172 Å². The number of unbranched alkanes of at least 4 members (excludes halogenated alkanes) is 1. The van der Waals surface area contributed by atoms with Gasteiger partial charge in [0.2, 0.25) is 11.8 Å². The smallest absolute Gasteiger partial charge is 0.341 e. The van der Waals surface area contributed by atoms with Crippen LogP contribution in [0.25, 0.3) is 10.1 Å². The van der Waals surface area contributed by atoms with Crippen LogP contribution in [0, 0.1) is 0 Å². The highest BCUT2D eigenvalue weighted by atomic mass is 32.2. The molecular formula is C20H24N2O4S2. The Bertz CT molecular complexity index is 880. The molecule has 150 valence electrons. The number of amides is 2. The quantitative estimate of drug-likeness (QED) is 0.682. The minimum atomic E-state index is -0.519. The van der Waals surface area contributed by atoms with Gasteiger partial charge < -0.3 is 15.0 Å². The number of nitrogens with zero attached hydrogens (tertiary/aromatic N) is 1. The van der Waals surface area contributed by atoms with Crippen molar-refractivity contribution in [3.05, 3.63) is 29.8 Å². The molecular weight excluding hydrogens is 396 g/mol. The summed E-state index contributed by atoms with van der Waals surface area (Å²) in [6.45, 7) is 4.05. The number of rotatable bonds is 7. The van der Waals surface area contributed by atoms with Crippen LogP contribution in [0.15, 0.2) is 24.3 Å². The van der Waals surface area contributed by atoms with Gasteiger partial charge >= 0.3 is 5.97 Å². The topological polar surface area (TPSA) is 75.7 Å². The van der Waals surface area contributed by atoms with Crippen molar-refractivity contribution in [2.75, 3.05) is 23.6 Å².